The van der Waals surface area contributed by atoms with Gasteiger partial charge in [-0.25, -0.2) is 0 Å². The maximum atomic E-state index is 12.5. The van der Waals surface area contributed by atoms with Crippen molar-refractivity contribution >= 4 is 5.91 Å². The number of likely N-dealkylation sites (tertiary alicyclic amines) is 1. The molecule has 1 fully saturated rings. The maximum absolute atomic E-state index is 12.5. The van der Waals surface area contributed by atoms with E-state index in [1.807, 2.05) is 65.6 Å². The van der Waals surface area contributed by atoms with E-state index in [1.54, 1.807) is 0 Å². The van der Waals surface area contributed by atoms with Gasteiger partial charge in [0.1, 0.15) is 0 Å². The number of nitrogens with zero attached hydrogens (tertiary/aromatic N) is 3. The van der Waals surface area contributed by atoms with Gasteiger partial charge >= 0.3 is 0 Å². The number of carbonyl (C=O) groups excluding carboxylic acids is 1. The van der Waals surface area contributed by atoms with E-state index in [0.29, 0.717) is 17.6 Å². The summed E-state index contributed by atoms with van der Waals surface area (Å²) in [5.74, 6) is 1.72. The largest absolute Gasteiger partial charge is 0.338 e. The van der Waals surface area contributed by atoms with E-state index < -0.39 is 0 Å². The molecule has 0 spiro atoms. The van der Waals surface area contributed by atoms with Crippen LogP contribution in [0, 0.1) is 5.92 Å². The van der Waals surface area contributed by atoms with Gasteiger partial charge in [0.05, 0.1) is 0 Å². The molecular formula is C20H19N3O2. The molecule has 1 aliphatic heterocycles. The molecule has 126 valence electrons. The van der Waals surface area contributed by atoms with E-state index in [2.05, 4.69) is 10.1 Å². The summed E-state index contributed by atoms with van der Waals surface area (Å²) in [6.07, 6.45) is 1.70. The van der Waals surface area contributed by atoms with E-state index in [4.69, 9.17) is 4.52 Å². The van der Waals surface area contributed by atoms with Crippen LogP contribution in [0.15, 0.2) is 65.2 Å². The highest BCUT2D eigenvalue weighted by molar-refractivity contribution is 5.94. The Balaban J connectivity index is 1.39. The van der Waals surface area contributed by atoms with Crippen LogP contribution in [0.4, 0.5) is 0 Å². The van der Waals surface area contributed by atoms with Crippen LogP contribution in [-0.4, -0.2) is 34.0 Å². The van der Waals surface area contributed by atoms with Gasteiger partial charge in [0.25, 0.3) is 11.8 Å². The first-order valence-electron chi connectivity index (χ1n) is 8.52. The number of hydrogen-bond donors (Lipinski definition) is 0. The Hall–Kier alpha value is -2.95. The molecule has 1 saturated heterocycles. The fraction of sp³-hybridized carbons (Fsp3) is 0.250. The van der Waals surface area contributed by atoms with Crippen molar-refractivity contribution in [2.24, 2.45) is 5.92 Å². The van der Waals surface area contributed by atoms with Gasteiger partial charge in [-0.15, -0.1) is 0 Å². The summed E-state index contributed by atoms with van der Waals surface area (Å²) >= 11 is 0. The third-order valence-corrected chi connectivity index (χ3v) is 4.55. The summed E-state index contributed by atoms with van der Waals surface area (Å²) in [7, 11) is 0. The highest BCUT2D eigenvalue weighted by Crippen LogP contribution is 2.23. The van der Waals surface area contributed by atoms with Crippen molar-refractivity contribution in [2.45, 2.75) is 12.8 Å². The molecule has 1 unspecified atom stereocenters. The summed E-state index contributed by atoms with van der Waals surface area (Å²) in [5.41, 5.74) is 1.67. The molecule has 4 rings (SSSR count). The molecule has 25 heavy (non-hydrogen) atoms. The smallest absolute Gasteiger partial charge is 0.257 e. The zero-order valence-electron chi connectivity index (χ0n) is 13.8. The Bertz CT molecular complexity index is 846. The Kier molecular flexibility index (Phi) is 4.29. The summed E-state index contributed by atoms with van der Waals surface area (Å²) in [6, 6.07) is 19.2. The lowest BCUT2D eigenvalue weighted by atomic mass is 10.0. The van der Waals surface area contributed by atoms with E-state index in [9.17, 15) is 4.79 Å². The van der Waals surface area contributed by atoms with Crippen molar-refractivity contribution in [3.63, 3.8) is 0 Å². The fourth-order valence-electron chi connectivity index (χ4n) is 3.24. The van der Waals surface area contributed by atoms with Gasteiger partial charge in [0.15, 0.2) is 5.82 Å². The van der Waals surface area contributed by atoms with Gasteiger partial charge < -0.3 is 9.42 Å². The van der Waals surface area contributed by atoms with Crippen molar-refractivity contribution in [3.05, 3.63) is 72.1 Å². The molecular weight excluding hydrogens is 314 g/mol. The van der Waals surface area contributed by atoms with Gasteiger partial charge in [-0.3, -0.25) is 4.79 Å². The van der Waals surface area contributed by atoms with Gasteiger partial charge in [-0.2, -0.15) is 4.98 Å². The second-order valence-electron chi connectivity index (χ2n) is 6.36. The molecule has 1 aromatic heterocycles. The highest BCUT2D eigenvalue weighted by atomic mass is 16.5. The predicted molar refractivity (Wildman–Crippen MR) is 93.9 cm³/mol. The summed E-state index contributed by atoms with van der Waals surface area (Å²) < 4.78 is 5.36. The molecule has 1 atom stereocenters. The zero-order valence-corrected chi connectivity index (χ0v) is 13.8. The lowest BCUT2D eigenvalue weighted by Gasteiger charge is -2.16. The van der Waals surface area contributed by atoms with Gasteiger partial charge in [0.2, 0.25) is 0 Å². The third-order valence-electron chi connectivity index (χ3n) is 4.55. The first-order valence-corrected chi connectivity index (χ1v) is 8.52. The Morgan fingerprint density at radius 3 is 2.56 bits per heavy atom. The fourth-order valence-corrected chi connectivity index (χ4v) is 3.24. The third kappa shape index (κ3) is 3.45. The van der Waals surface area contributed by atoms with Gasteiger partial charge in [-0.05, 0) is 36.6 Å². The first-order chi connectivity index (χ1) is 12.3. The lowest BCUT2D eigenvalue weighted by Crippen LogP contribution is -2.28. The second-order valence-corrected chi connectivity index (χ2v) is 6.36. The molecule has 0 radical (unpaired) electrons. The molecule has 0 bridgehead atoms. The number of hydrogen-bond acceptors (Lipinski definition) is 4. The summed E-state index contributed by atoms with van der Waals surface area (Å²) in [6.45, 7) is 1.52. The van der Waals surface area contributed by atoms with Crippen LogP contribution in [0.25, 0.3) is 11.5 Å². The SMILES string of the molecule is O=C(c1ccccc1)N1CCC(Cc2noc(-c3ccccc3)n2)C1. The molecule has 0 aliphatic carbocycles. The average Bonchev–Trinajstić information content (AvgIpc) is 3.33. The summed E-state index contributed by atoms with van der Waals surface area (Å²) in [5, 5.41) is 4.09. The minimum absolute atomic E-state index is 0.0983. The van der Waals surface area contributed by atoms with Crippen molar-refractivity contribution in [1.29, 1.82) is 0 Å². The van der Waals surface area contributed by atoms with Crippen molar-refractivity contribution in [2.75, 3.05) is 13.1 Å². The van der Waals surface area contributed by atoms with Crippen molar-refractivity contribution < 1.29 is 9.32 Å². The number of aromatic nitrogens is 2. The minimum atomic E-state index is 0.0983. The van der Waals surface area contributed by atoms with E-state index in [0.717, 1.165) is 37.1 Å². The number of benzene rings is 2. The number of rotatable bonds is 4. The predicted octanol–water partition coefficient (Wildman–Crippen LogP) is 3.44. The first kappa shape index (κ1) is 15.6. The van der Waals surface area contributed by atoms with Gasteiger partial charge in [-0.1, -0.05) is 41.6 Å². The normalized spacial score (nSPS) is 17.0. The Morgan fingerprint density at radius 1 is 1.08 bits per heavy atom. The van der Waals surface area contributed by atoms with Crippen LogP contribution in [0.2, 0.25) is 0 Å². The summed E-state index contributed by atoms with van der Waals surface area (Å²) in [4.78, 5) is 18.9. The number of carbonyl (C=O) groups is 1. The molecule has 0 saturated carbocycles. The van der Waals surface area contributed by atoms with Crippen LogP contribution < -0.4 is 0 Å². The molecule has 2 heterocycles. The lowest BCUT2D eigenvalue weighted by molar-refractivity contribution is 0.0787. The molecule has 1 aliphatic rings. The molecule has 0 N–H and O–H groups in total. The van der Waals surface area contributed by atoms with Crippen molar-refractivity contribution in [3.8, 4) is 11.5 Å². The average molecular weight is 333 g/mol. The van der Waals surface area contributed by atoms with E-state index >= 15 is 0 Å². The Morgan fingerprint density at radius 2 is 1.80 bits per heavy atom. The van der Waals surface area contributed by atoms with E-state index in [-0.39, 0.29) is 5.91 Å². The second kappa shape index (κ2) is 6.89. The quantitative estimate of drug-likeness (QED) is 0.734. The molecule has 5 heteroatoms. The van der Waals surface area contributed by atoms with Crippen LogP contribution >= 0.6 is 0 Å². The molecule has 1 amide bonds. The van der Waals surface area contributed by atoms with Crippen LogP contribution in [0.5, 0.6) is 0 Å². The maximum Gasteiger partial charge on any atom is 0.257 e. The molecule has 3 aromatic rings. The van der Waals surface area contributed by atoms with Crippen LogP contribution in [0.1, 0.15) is 22.6 Å². The standard InChI is InChI=1S/C20H19N3O2/c24-20(17-9-5-2-6-10-17)23-12-11-15(14-23)13-18-21-19(25-22-18)16-7-3-1-4-8-16/h1-10,15H,11-14H2. The monoisotopic (exact) mass is 333 g/mol. The molecule has 2 aromatic carbocycles. The van der Waals surface area contributed by atoms with Crippen molar-refractivity contribution in [1.82, 2.24) is 15.0 Å². The highest BCUT2D eigenvalue weighted by Gasteiger charge is 2.28. The zero-order chi connectivity index (χ0) is 17.1. The Labute approximate surface area is 146 Å². The minimum Gasteiger partial charge on any atom is -0.338 e. The topological polar surface area (TPSA) is 59.2 Å². The van der Waals surface area contributed by atoms with Crippen LogP contribution in [0.3, 0.4) is 0 Å². The van der Waals surface area contributed by atoms with Gasteiger partial charge in [0, 0.05) is 30.6 Å². The number of amides is 1. The molecule has 5 nitrogen and oxygen atoms in total. The van der Waals surface area contributed by atoms with Crippen LogP contribution in [-0.2, 0) is 6.42 Å². The van der Waals surface area contributed by atoms with E-state index in [1.165, 1.54) is 0 Å².